The van der Waals surface area contributed by atoms with Gasteiger partial charge in [0, 0.05) is 23.0 Å². The number of aryl methyl sites for hydroxylation is 1. The quantitative estimate of drug-likeness (QED) is 0.767. The summed E-state index contributed by atoms with van der Waals surface area (Å²) in [4.78, 5) is 8.63. The van der Waals surface area contributed by atoms with Gasteiger partial charge in [0.25, 0.3) is 0 Å². The number of anilines is 1. The second-order valence-electron chi connectivity index (χ2n) is 4.97. The Balaban J connectivity index is 1.93. The standard InChI is InChI=1S/C15H17ClN2S/c1-10-12(9-16)3-4-15(17-10)18-7-5-14-13(11(18)2)6-8-19-14/h3-4,6,8,11H,5,7,9H2,1-2H3. The highest BCUT2D eigenvalue weighted by atomic mass is 35.5. The number of pyridine rings is 1. The molecule has 19 heavy (non-hydrogen) atoms. The Bertz CT molecular complexity index is 594. The van der Waals surface area contributed by atoms with E-state index in [4.69, 9.17) is 16.6 Å². The zero-order chi connectivity index (χ0) is 13.4. The summed E-state index contributed by atoms with van der Waals surface area (Å²) in [6, 6.07) is 6.85. The van der Waals surface area contributed by atoms with Crippen molar-refractivity contribution in [1.82, 2.24) is 4.98 Å². The van der Waals surface area contributed by atoms with Crippen LogP contribution in [0.3, 0.4) is 0 Å². The van der Waals surface area contributed by atoms with Crippen molar-refractivity contribution in [2.45, 2.75) is 32.2 Å². The predicted octanol–water partition coefficient (Wildman–Crippen LogP) is 4.31. The van der Waals surface area contributed by atoms with Gasteiger partial charge in [-0.25, -0.2) is 4.98 Å². The molecule has 1 aliphatic heterocycles. The van der Waals surface area contributed by atoms with E-state index in [1.54, 1.807) is 0 Å². The summed E-state index contributed by atoms with van der Waals surface area (Å²) >= 11 is 7.77. The lowest BCUT2D eigenvalue weighted by atomic mass is 10.0. The highest BCUT2D eigenvalue weighted by Gasteiger charge is 2.25. The van der Waals surface area contributed by atoms with E-state index in [9.17, 15) is 0 Å². The zero-order valence-electron chi connectivity index (χ0n) is 11.2. The van der Waals surface area contributed by atoms with Crippen molar-refractivity contribution in [1.29, 1.82) is 0 Å². The van der Waals surface area contributed by atoms with Gasteiger partial charge < -0.3 is 4.90 Å². The Labute approximate surface area is 123 Å². The Morgan fingerprint density at radius 3 is 3.00 bits per heavy atom. The first-order chi connectivity index (χ1) is 9.20. The molecular weight excluding hydrogens is 276 g/mol. The van der Waals surface area contributed by atoms with Crippen LogP contribution in [-0.2, 0) is 12.3 Å². The van der Waals surface area contributed by atoms with Gasteiger partial charge in [-0.3, -0.25) is 0 Å². The number of hydrogen-bond acceptors (Lipinski definition) is 3. The summed E-state index contributed by atoms with van der Waals surface area (Å²) in [5, 5.41) is 2.19. The van der Waals surface area contributed by atoms with Crippen molar-refractivity contribution in [3.05, 3.63) is 45.3 Å². The summed E-state index contributed by atoms with van der Waals surface area (Å²) in [5.74, 6) is 1.60. The van der Waals surface area contributed by atoms with Crippen molar-refractivity contribution in [3.63, 3.8) is 0 Å². The summed E-state index contributed by atoms with van der Waals surface area (Å²) in [6.07, 6.45) is 1.12. The molecule has 0 aliphatic carbocycles. The second-order valence-corrected chi connectivity index (χ2v) is 6.23. The Hall–Kier alpha value is -1.06. The van der Waals surface area contributed by atoms with Crippen molar-refractivity contribution < 1.29 is 0 Å². The lowest BCUT2D eigenvalue weighted by Crippen LogP contribution is -2.33. The van der Waals surface area contributed by atoms with Crippen LogP contribution < -0.4 is 4.90 Å². The smallest absolute Gasteiger partial charge is 0.129 e. The van der Waals surface area contributed by atoms with Gasteiger partial charge in [-0.1, -0.05) is 6.07 Å². The lowest BCUT2D eigenvalue weighted by molar-refractivity contribution is 0.624. The highest BCUT2D eigenvalue weighted by Crippen LogP contribution is 2.35. The molecule has 2 nitrogen and oxygen atoms in total. The number of aromatic nitrogens is 1. The molecule has 0 saturated heterocycles. The van der Waals surface area contributed by atoms with Gasteiger partial charge in [-0.2, -0.15) is 0 Å². The minimum Gasteiger partial charge on any atom is -0.349 e. The molecule has 0 N–H and O–H groups in total. The number of nitrogens with zero attached hydrogens (tertiary/aromatic N) is 2. The second kappa shape index (κ2) is 5.14. The average Bonchev–Trinajstić information content (AvgIpc) is 2.88. The molecule has 100 valence electrons. The third-order valence-electron chi connectivity index (χ3n) is 3.90. The molecule has 0 aromatic carbocycles. The molecule has 3 heterocycles. The minimum absolute atomic E-state index is 0.406. The SMILES string of the molecule is Cc1nc(N2CCc3sccc3C2C)ccc1CCl. The van der Waals surface area contributed by atoms with E-state index < -0.39 is 0 Å². The molecule has 2 aromatic heterocycles. The first-order valence-corrected chi connectivity index (χ1v) is 7.97. The first kappa shape index (κ1) is 12.9. The number of fused-ring (bicyclic) bond motifs is 1. The van der Waals surface area contributed by atoms with Crippen LogP contribution >= 0.6 is 22.9 Å². The molecular formula is C15H17ClN2S. The molecule has 1 atom stereocenters. The normalized spacial score (nSPS) is 18.5. The molecule has 0 saturated carbocycles. The maximum absolute atomic E-state index is 5.90. The molecule has 4 heteroatoms. The van der Waals surface area contributed by atoms with Crippen LogP contribution in [0, 0.1) is 6.92 Å². The molecule has 0 radical (unpaired) electrons. The fraction of sp³-hybridized carbons (Fsp3) is 0.400. The largest absolute Gasteiger partial charge is 0.349 e. The summed E-state index contributed by atoms with van der Waals surface area (Å²) in [6.45, 7) is 5.34. The van der Waals surface area contributed by atoms with Crippen molar-refractivity contribution in [3.8, 4) is 0 Å². The van der Waals surface area contributed by atoms with Crippen LogP contribution in [-0.4, -0.2) is 11.5 Å². The lowest BCUT2D eigenvalue weighted by Gasteiger charge is -2.34. The van der Waals surface area contributed by atoms with Crippen LogP contribution in [0.2, 0.25) is 0 Å². The minimum atomic E-state index is 0.406. The molecule has 1 aliphatic rings. The van der Waals surface area contributed by atoms with Gasteiger partial charge >= 0.3 is 0 Å². The van der Waals surface area contributed by atoms with Crippen LogP contribution in [0.25, 0.3) is 0 Å². The van der Waals surface area contributed by atoms with Gasteiger partial charge in [0.15, 0.2) is 0 Å². The van der Waals surface area contributed by atoms with E-state index in [0.717, 1.165) is 30.0 Å². The third-order valence-corrected chi connectivity index (χ3v) is 5.18. The first-order valence-electron chi connectivity index (χ1n) is 6.56. The molecule has 0 spiro atoms. The van der Waals surface area contributed by atoms with Crippen molar-refractivity contribution >= 4 is 28.8 Å². The van der Waals surface area contributed by atoms with E-state index in [0.29, 0.717) is 11.9 Å². The van der Waals surface area contributed by atoms with E-state index >= 15 is 0 Å². The Morgan fingerprint density at radius 1 is 1.42 bits per heavy atom. The number of halogens is 1. The molecule has 0 bridgehead atoms. The van der Waals surface area contributed by atoms with Crippen LogP contribution in [0.15, 0.2) is 23.6 Å². The predicted molar refractivity (Wildman–Crippen MR) is 82.3 cm³/mol. The zero-order valence-corrected chi connectivity index (χ0v) is 12.8. The number of hydrogen-bond donors (Lipinski definition) is 0. The van der Waals surface area contributed by atoms with E-state index in [1.807, 2.05) is 18.3 Å². The number of alkyl halides is 1. The third kappa shape index (κ3) is 2.26. The Morgan fingerprint density at radius 2 is 2.26 bits per heavy atom. The summed E-state index contributed by atoms with van der Waals surface area (Å²) < 4.78 is 0. The van der Waals surface area contributed by atoms with E-state index in [1.165, 1.54) is 10.4 Å². The van der Waals surface area contributed by atoms with Gasteiger partial charge in [-0.15, -0.1) is 22.9 Å². The summed E-state index contributed by atoms with van der Waals surface area (Å²) in [5.41, 5.74) is 3.61. The molecule has 0 fully saturated rings. The van der Waals surface area contributed by atoms with Crippen molar-refractivity contribution in [2.75, 3.05) is 11.4 Å². The van der Waals surface area contributed by atoms with Gasteiger partial charge in [0.1, 0.15) is 5.82 Å². The topological polar surface area (TPSA) is 16.1 Å². The van der Waals surface area contributed by atoms with Gasteiger partial charge in [0.05, 0.1) is 6.04 Å². The van der Waals surface area contributed by atoms with E-state index in [2.05, 4.69) is 35.4 Å². The maximum atomic E-state index is 5.90. The van der Waals surface area contributed by atoms with Crippen molar-refractivity contribution in [2.24, 2.45) is 0 Å². The molecule has 2 aromatic rings. The van der Waals surface area contributed by atoms with Gasteiger partial charge in [-0.05, 0) is 48.9 Å². The van der Waals surface area contributed by atoms with Crippen LogP contribution in [0.4, 0.5) is 5.82 Å². The fourth-order valence-corrected chi connectivity index (χ4v) is 3.95. The maximum Gasteiger partial charge on any atom is 0.129 e. The highest BCUT2D eigenvalue weighted by molar-refractivity contribution is 7.10. The number of rotatable bonds is 2. The molecule has 0 amide bonds. The fourth-order valence-electron chi connectivity index (χ4n) is 2.70. The van der Waals surface area contributed by atoms with Gasteiger partial charge in [0.2, 0.25) is 0 Å². The monoisotopic (exact) mass is 292 g/mol. The van der Waals surface area contributed by atoms with E-state index in [-0.39, 0.29) is 0 Å². The number of thiophene rings is 1. The Kier molecular flexibility index (Phi) is 3.50. The van der Waals surface area contributed by atoms with Crippen LogP contribution in [0.1, 0.15) is 34.7 Å². The molecule has 3 rings (SSSR count). The molecule has 1 unspecified atom stereocenters. The summed E-state index contributed by atoms with van der Waals surface area (Å²) in [7, 11) is 0. The average molecular weight is 293 g/mol. The van der Waals surface area contributed by atoms with Crippen LogP contribution in [0.5, 0.6) is 0 Å².